The molecule has 0 bridgehead atoms. The molecule has 18 heavy (non-hydrogen) atoms. The van der Waals surface area contributed by atoms with Crippen molar-refractivity contribution in [2.45, 2.75) is 12.5 Å². The fraction of sp³-hybridized carbons (Fsp3) is 0.143. The van der Waals surface area contributed by atoms with Crippen LogP contribution in [0.4, 0.5) is 0 Å². The molecular weight excluding hydrogens is 242 g/mol. The molecule has 1 atom stereocenters. The zero-order valence-electron chi connectivity index (χ0n) is 9.78. The van der Waals surface area contributed by atoms with Gasteiger partial charge >= 0.3 is 0 Å². The highest BCUT2D eigenvalue weighted by Crippen LogP contribution is 2.24. The van der Waals surface area contributed by atoms with Crippen LogP contribution in [0, 0.1) is 0 Å². The van der Waals surface area contributed by atoms with Crippen LogP contribution in [0.3, 0.4) is 0 Å². The number of aromatic nitrogens is 2. The highest BCUT2D eigenvalue weighted by Gasteiger charge is 2.11. The first kappa shape index (κ1) is 11.3. The highest BCUT2D eigenvalue weighted by atomic mass is 32.1. The van der Waals surface area contributed by atoms with Crippen molar-refractivity contribution < 1.29 is 0 Å². The van der Waals surface area contributed by atoms with E-state index in [1.807, 2.05) is 29.6 Å². The maximum Gasteiger partial charge on any atom is 0.116 e. The molecule has 0 aliphatic rings. The van der Waals surface area contributed by atoms with Crippen LogP contribution in [0.15, 0.2) is 48.1 Å². The Labute approximate surface area is 109 Å². The van der Waals surface area contributed by atoms with Gasteiger partial charge in [-0.15, -0.1) is 11.3 Å². The minimum absolute atomic E-state index is 0.0219. The fourth-order valence-corrected chi connectivity index (χ4v) is 2.86. The molecule has 3 rings (SSSR count). The first-order valence-electron chi connectivity index (χ1n) is 5.82. The van der Waals surface area contributed by atoms with Crippen molar-refractivity contribution in [1.82, 2.24) is 9.97 Å². The summed E-state index contributed by atoms with van der Waals surface area (Å²) < 4.78 is 1.14. The number of benzene rings is 1. The van der Waals surface area contributed by atoms with Gasteiger partial charge in [0.25, 0.3) is 0 Å². The second-order valence-electron chi connectivity index (χ2n) is 4.18. The average Bonchev–Trinajstić information content (AvgIpc) is 2.89. The van der Waals surface area contributed by atoms with Crippen molar-refractivity contribution >= 4 is 21.6 Å². The third-order valence-corrected chi connectivity index (χ3v) is 3.91. The molecule has 4 heteroatoms. The maximum absolute atomic E-state index is 6.23. The van der Waals surface area contributed by atoms with E-state index in [0.29, 0.717) is 0 Å². The smallest absolute Gasteiger partial charge is 0.116 e. The number of hydrogen-bond acceptors (Lipinski definition) is 4. The summed E-state index contributed by atoms with van der Waals surface area (Å²) >= 11 is 1.67. The van der Waals surface area contributed by atoms with Gasteiger partial charge in [0, 0.05) is 12.5 Å². The molecule has 3 aromatic rings. The second kappa shape index (κ2) is 4.84. The SMILES string of the molecule is NC(Cc1ncnc2ccsc12)c1ccccc1. The van der Waals surface area contributed by atoms with Gasteiger partial charge in [0.2, 0.25) is 0 Å². The van der Waals surface area contributed by atoms with E-state index in [4.69, 9.17) is 5.73 Å². The zero-order valence-corrected chi connectivity index (χ0v) is 10.6. The van der Waals surface area contributed by atoms with Crippen LogP contribution < -0.4 is 5.73 Å². The van der Waals surface area contributed by atoms with Crippen LogP contribution in [-0.4, -0.2) is 9.97 Å². The van der Waals surface area contributed by atoms with Gasteiger partial charge in [-0.2, -0.15) is 0 Å². The first-order chi connectivity index (χ1) is 8.84. The summed E-state index contributed by atoms with van der Waals surface area (Å²) in [5.41, 5.74) is 9.41. The van der Waals surface area contributed by atoms with Gasteiger partial charge < -0.3 is 5.73 Å². The molecule has 0 aliphatic heterocycles. The summed E-state index contributed by atoms with van der Waals surface area (Å²) in [6.45, 7) is 0. The third kappa shape index (κ3) is 2.12. The summed E-state index contributed by atoms with van der Waals surface area (Å²) in [5, 5.41) is 2.04. The summed E-state index contributed by atoms with van der Waals surface area (Å²) in [7, 11) is 0. The van der Waals surface area contributed by atoms with Crippen LogP contribution in [0.5, 0.6) is 0 Å². The van der Waals surface area contributed by atoms with Gasteiger partial charge in [-0.1, -0.05) is 30.3 Å². The van der Waals surface area contributed by atoms with E-state index < -0.39 is 0 Å². The minimum Gasteiger partial charge on any atom is -0.324 e. The van der Waals surface area contributed by atoms with Crippen molar-refractivity contribution in [3.63, 3.8) is 0 Å². The molecule has 0 spiro atoms. The van der Waals surface area contributed by atoms with E-state index >= 15 is 0 Å². The first-order valence-corrected chi connectivity index (χ1v) is 6.70. The highest BCUT2D eigenvalue weighted by molar-refractivity contribution is 7.17. The molecular formula is C14H13N3S. The number of thiophene rings is 1. The van der Waals surface area contributed by atoms with Gasteiger partial charge in [0.05, 0.1) is 15.9 Å². The summed E-state index contributed by atoms with van der Waals surface area (Å²) in [6, 6.07) is 12.1. The van der Waals surface area contributed by atoms with Gasteiger partial charge in [-0.05, 0) is 17.0 Å². The van der Waals surface area contributed by atoms with Crippen molar-refractivity contribution in [3.8, 4) is 0 Å². The van der Waals surface area contributed by atoms with Crippen LogP contribution in [0.2, 0.25) is 0 Å². The Balaban J connectivity index is 1.91. The Morgan fingerprint density at radius 3 is 2.78 bits per heavy atom. The van der Waals surface area contributed by atoms with Crippen molar-refractivity contribution in [2.75, 3.05) is 0 Å². The lowest BCUT2D eigenvalue weighted by atomic mass is 10.0. The summed E-state index contributed by atoms with van der Waals surface area (Å²) in [6.07, 6.45) is 2.35. The molecule has 0 fully saturated rings. The van der Waals surface area contributed by atoms with Gasteiger partial charge in [-0.25, -0.2) is 9.97 Å². The standard InChI is InChI=1S/C14H13N3S/c15-11(10-4-2-1-3-5-10)8-13-14-12(6-7-18-14)16-9-17-13/h1-7,9,11H,8,15H2. The quantitative estimate of drug-likeness (QED) is 0.783. The topological polar surface area (TPSA) is 51.8 Å². The summed E-state index contributed by atoms with van der Waals surface area (Å²) in [5.74, 6) is 0. The molecule has 0 saturated heterocycles. The molecule has 90 valence electrons. The van der Waals surface area contributed by atoms with E-state index in [2.05, 4.69) is 22.1 Å². The normalized spacial score (nSPS) is 12.7. The predicted molar refractivity (Wildman–Crippen MR) is 74.5 cm³/mol. The molecule has 1 unspecified atom stereocenters. The maximum atomic E-state index is 6.23. The van der Waals surface area contributed by atoms with Gasteiger partial charge in [-0.3, -0.25) is 0 Å². The zero-order chi connectivity index (χ0) is 12.4. The molecule has 2 N–H and O–H groups in total. The largest absolute Gasteiger partial charge is 0.324 e. The average molecular weight is 255 g/mol. The number of hydrogen-bond donors (Lipinski definition) is 1. The Hall–Kier alpha value is -1.78. The van der Waals surface area contributed by atoms with Crippen LogP contribution in [0.25, 0.3) is 10.2 Å². The monoisotopic (exact) mass is 255 g/mol. The fourth-order valence-electron chi connectivity index (χ4n) is 2.01. The van der Waals surface area contributed by atoms with E-state index in [-0.39, 0.29) is 6.04 Å². The van der Waals surface area contributed by atoms with Crippen molar-refractivity contribution in [2.24, 2.45) is 5.73 Å². The number of fused-ring (bicyclic) bond motifs is 1. The van der Waals surface area contributed by atoms with E-state index in [9.17, 15) is 0 Å². The predicted octanol–water partition coefficient (Wildman–Crippen LogP) is 2.93. The van der Waals surface area contributed by atoms with Crippen LogP contribution >= 0.6 is 11.3 Å². The molecule has 2 heterocycles. The summed E-state index contributed by atoms with van der Waals surface area (Å²) in [4.78, 5) is 8.60. The Morgan fingerprint density at radius 1 is 1.11 bits per heavy atom. The van der Waals surface area contributed by atoms with Gasteiger partial charge in [0.1, 0.15) is 6.33 Å². The molecule has 0 amide bonds. The molecule has 0 aliphatic carbocycles. The lowest BCUT2D eigenvalue weighted by Gasteiger charge is -2.11. The van der Waals surface area contributed by atoms with Crippen LogP contribution in [-0.2, 0) is 6.42 Å². The second-order valence-corrected chi connectivity index (χ2v) is 5.09. The number of nitrogens with two attached hydrogens (primary N) is 1. The van der Waals surface area contributed by atoms with Crippen LogP contribution in [0.1, 0.15) is 17.3 Å². The number of nitrogens with zero attached hydrogens (tertiary/aromatic N) is 2. The van der Waals surface area contributed by atoms with E-state index in [1.54, 1.807) is 17.7 Å². The minimum atomic E-state index is -0.0219. The molecule has 0 radical (unpaired) electrons. The van der Waals surface area contributed by atoms with E-state index in [0.717, 1.165) is 27.9 Å². The number of rotatable bonds is 3. The Bertz CT molecular complexity index is 648. The molecule has 0 saturated carbocycles. The molecule has 3 nitrogen and oxygen atoms in total. The van der Waals surface area contributed by atoms with Gasteiger partial charge in [0.15, 0.2) is 0 Å². The Kier molecular flexibility index (Phi) is 3.04. The lowest BCUT2D eigenvalue weighted by molar-refractivity contribution is 0.710. The lowest BCUT2D eigenvalue weighted by Crippen LogP contribution is -2.14. The third-order valence-electron chi connectivity index (χ3n) is 2.96. The van der Waals surface area contributed by atoms with Crippen molar-refractivity contribution in [3.05, 3.63) is 59.4 Å². The molecule has 2 aromatic heterocycles. The van der Waals surface area contributed by atoms with Crippen molar-refractivity contribution in [1.29, 1.82) is 0 Å². The molecule has 1 aromatic carbocycles. The Morgan fingerprint density at radius 2 is 1.94 bits per heavy atom. The van der Waals surface area contributed by atoms with E-state index in [1.165, 1.54) is 0 Å².